The molecule has 2 aromatic carbocycles. The molecule has 0 bridgehead atoms. The zero-order valence-corrected chi connectivity index (χ0v) is 15.0. The minimum Gasteiger partial charge on any atom is -0.421 e. The summed E-state index contributed by atoms with van der Waals surface area (Å²) in [5.74, 6) is 0. The lowest BCUT2D eigenvalue weighted by Crippen LogP contribution is -2.33. The number of aromatic nitrogens is 3. The average molecular weight is 410 g/mol. The standard InChI is InChI=1S/C15H8ClN3O5S2/c16-9-2-4-11(13-12(9)14(20)19(22)15(21)18-13)26(23,24)8-1-3-10-7(5-8)6-17-25-10/h1-6,22H,(H,18,21). The Morgan fingerprint density at radius 3 is 2.73 bits per heavy atom. The van der Waals surface area contributed by atoms with Crippen LogP contribution in [0.15, 0.2) is 55.9 Å². The molecule has 11 heteroatoms. The lowest BCUT2D eigenvalue weighted by Gasteiger charge is -2.09. The third-order valence-corrected chi connectivity index (χ3v) is 6.76. The van der Waals surface area contributed by atoms with Crippen LogP contribution in [0.5, 0.6) is 0 Å². The number of nitrogens with zero attached hydrogens (tertiary/aromatic N) is 2. The molecule has 8 nitrogen and oxygen atoms in total. The van der Waals surface area contributed by atoms with Crippen LogP contribution in [-0.4, -0.2) is 27.7 Å². The van der Waals surface area contributed by atoms with Crippen LogP contribution in [0.4, 0.5) is 0 Å². The van der Waals surface area contributed by atoms with Gasteiger partial charge in [0.2, 0.25) is 9.84 Å². The second kappa shape index (κ2) is 5.66. The van der Waals surface area contributed by atoms with Crippen molar-refractivity contribution >= 4 is 54.0 Å². The fourth-order valence-corrected chi connectivity index (χ4v) is 4.93. The SMILES string of the molecule is O=c1[nH]c2c(S(=O)(=O)c3ccc4sncc4c3)ccc(Cl)c2c(=O)n1O. The van der Waals surface area contributed by atoms with Gasteiger partial charge in [-0.3, -0.25) is 4.79 Å². The largest absolute Gasteiger partial charge is 0.421 e. The molecule has 2 N–H and O–H groups in total. The van der Waals surface area contributed by atoms with Crippen molar-refractivity contribution in [1.82, 2.24) is 14.1 Å². The number of hydrogen-bond acceptors (Lipinski definition) is 7. The molecule has 2 heterocycles. The van der Waals surface area contributed by atoms with Crippen molar-refractivity contribution in [3.8, 4) is 0 Å². The molecule has 4 aromatic rings. The molecule has 0 aliphatic heterocycles. The summed E-state index contributed by atoms with van der Waals surface area (Å²) in [5, 5.41) is 9.74. The summed E-state index contributed by atoms with van der Waals surface area (Å²) >= 11 is 7.20. The first-order valence-electron chi connectivity index (χ1n) is 7.07. The molecule has 132 valence electrons. The van der Waals surface area contributed by atoms with E-state index < -0.39 is 21.1 Å². The van der Waals surface area contributed by atoms with E-state index in [9.17, 15) is 23.2 Å². The Morgan fingerprint density at radius 1 is 1.19 bits per heavy atom. The summed E-state index contributed by atoms with van der Waals surface area (Å²) in [5.41, 5.74) is -2.54. The molecule has 0 saturated carbocycles. The molecule has 0 aliphatic carbocycles. The van der Waals surface area contributed by atoms with Crippen molar-refractivity contribution in [2.24, 2.45) is 0 Å². The maximum atomic E-state index is 13.1. The van der Waals surface area contributed by atoms with Gasteiger partial charge in [0, 0.05) is 11.6 Å². The van der Waals surface area contributed by atoms with Crippen molar-refractivity contribution in [2.45, 2.75) is 9.79 Å². The highest BCUT2D eigenvalue weighted by Gasteiger charge is 2.24. The number of aromatic amines is 1. The highest BCUT2D eigenvalue weighted by Crippen LogP contribution is 2.31. The minimum absolute atomic E-state index is 0.0251. The maximum Gasteiger partial charge on any atom is 0.362 e. The van der Waals surface area contributed by atoms with E-state index in [-0.39, 0.29) is 30.4 Å². The zero-order chi connectivity index (χ0) is 18.6. The highest BCUT2D eigenvalue weighted by molar-refractivity contribution is 7.91. The summed E-state index contributed by atoms with van der Waals surface area (Å²) < 4.78 is 30.8. The van der Waals surface area contributed by atoms with Gasteiger partial charge in [-0.2, -0.15) is 4.37 Å². The average Bonchev–Trinajstić information content (AvgIpc) is 3.07. The molecule has 0 saturated heterocycles. The van der Waals surface area contributed by atoms with Crippen LogP contribution in [0.1, 0.15) is 0 Å². The molecule has 0 amide bonds. The van der Waals surface area contributed by atoms with Crippen molar-refractivity contribution < 1.29 is 13.6 Å². The first kappa shape index (κ1) is 16.8. The number of sulfone groups is 1. The van der Waals surface area contributed by atoms with E-state index in [1.54, 1.807) is 12.3 Å². The van der Waals surface area contributed by atoms with Gasteiger partial charge < -0.3 is 10.2 Å². The summed E-state index contributed by atoms with van der Waals surface area (Å²) in [7, 11) is -4.08. The number of hydrogen-bond donors (Lipinski definition) is 2. The Kier molecular flexibility index (Phi) is 3.65. The molecule has 0 unspecified atom stereocenters. The molecule has 4 rings (SSSR count). The van der Waals surface area contributed by atoms with E-state index >= 15 is 0 Å². The first-order chi connectivity index (χ1) is 12.3. The number of H-pyrrole nitrogens is 1. The van der Waals surface area contributed by atoms with Gasteiger partial charge in [0.15, 0.2) is 0 Å². The van der Waals surface area contributed by atoms with E-state index in [0.717, 1.165) is 4.70 Å². The Hall–Kier alpha value is -2.69. The lowest BCUT2D eigenvalue weighted by molar-refractivity contribution is 0.162. The Morgan fingerprint density at radius 2 is 1.96 bits per heavy atom. The van der Waals surface area contributed by atoms with Gasteiger partial charge in [-0.05, 0) is 41.9 Å². The van der Waals surface area contributed by atoms with Crippen LogP contribution >= 0.6 is 23.1 Å². The number of halogens is 1. The topological polar surface area (TPSA) is 122 Å². The minimum atomic E-state index is -4.08. The summed E-state index contributed by atoms with van der Waals surface area (Å²) in [4.78, 5) is 25.7. The number of fused-ring (bicyclic) bond motifs is 2. The molecular formula is C15H8ClN3O5S2. The van der Waals surface area contributed by atoms with Gasteiger partial charge >= 0.3 is 5.69 Å². The molecule has 26 heavy (non-hydrogen) atoms. The van der Waals surface area contributed by atoms with Crippen molar-refractivity contribution in [3.63, 3.8) is 0 Å². The van der Waals surface area contributed by atoms with Gasteiger partial charge in [0.05, 0.1) is 30.4 Å². The van der Waals surface area contributed by atoms with Gasteiger partial charge in [-0.25, -0.2) is 13.2 Å². The number of benzene rings is 2. The molecule has 0 atom stereocenters. The third kappa shape index (κ3) is 2.34. The quantitative estimate of drug-likeness (QED) is 0.488. The highest BCUT2D eigenvalue weighted by atomic mass is 35.5. The van der Waals surface area contributed by atoms with E-state index in [4.69, 9.17) is 11.6 Å². The Labute approximate surface area is 154 Å². The molecule has 0 radical (unpaired) electrons. The zero-order valence-electron chi connectivity index (χ0n) is 12.6. The fraction of sp³-hybridized carbons (Fsp3) is 0. The summed E-state index contributed by atoms with van der Waals surface area (Å²) in [6.07, 6.45) is 1.55. The van der Waals surface area contributed by atoms with Crippen LogP contribution in [0.3, 0.4) is 0 Å². The second-order valence-electron chi connectivity index (χ2n) is 5.37. The van der Waals surface area contributed by atoms with Crippen LogP contribution in [0.2, 0.25) is 5.02 Å². The lowest BCUT2D eigenvalue weighted by atomic mass is 10.2. The predicted octanol–water partition coefficient (Wildman–Crippen LogP) is 2.02. The van der Waals surface area contributed by atoms with Crippen LogP contribution in [0, 0.1) is 0 Å². The summed E-state index contributed by atoms with van der Waals surface area (Å²) in [6, 6.07) is 6.93. The molecule has 2 aromatic heterocycles. The van der Waals surface area contributed by atoms with Crippen molar-refractivity contribution in [1.29, 1.82) is 0 Å². The molecule has 0 fully saturated rings. The van der Waals surface area contributed by atoms with Crippen LogP contribution < -0.4 is 11.2 Å². The molecular weight excluding hydrogens is 402 g/mol. The van der Waals surface area contributed by atoms with E-state index in [1.807, 2.05) is 0 Å². The van der Waals surface area contributed by atoms with Crippen LogP contribution in [-0.2, 0) is 9.84 Å². The van der Waals surface area contributed by atoms with E-state index in [2.05, 4.69) is 9.36 Å². The maximum absolute atomic E-state index is 13.1. The van der Waals surface area contributed by atoms with Gasteiger partial charge in [0.1, 0.15) is 0 Å². The smallest absolute Gasteiger partial charge is 0.362 e. The molecule has 0 spiro atoms. The van der Waals surface area contributed by atoms with Gasteiger partial charge in [-0.15, -0.1) is 0 Å². The van der Waals surface area contributed by atoms with Crippen molar-refractivity contribution in [2.75, 3.05) is 0 Å². The van der Waals surface area contributed by atoms with Crippen molar-refractivity contribution in [3.05, 3.63) is 62.4 Å². The van der Waals surface area contributed by atoms with E-state index in [1.165, 1.54) is 35.8 Å². The predicted molar refractivity (Wildman–Crippen MR) is 96.1 cm³/mol. The van der Waals surface area contributed by atoms with Gasteiger partial charge in [0.25, 0.3) is 5.56 Å². The molecule has 0 aliphatic rings. The Bertz CT molecular complexity index is 1420. The first-order valence-corrected chi connectivity index (χ1v) is 9.70. The monoisotopic (exact) mass is 409 g/mol. The fourth-order valence-electron chi connectivity index (χ4n) is 2.62. The normalized spacial score (nSPS) is 12.0. The number of rotatable bonds is 2. The van der Waals surface area contributed by atoms with E-state index in [0.29, 0.717) is 5.39 Å². The number of nitrogens with one attached hydrogen (secondary N) is 1. The Balaban J connectivity index is 2.09. The third-order valence-electron chi connectivity index (χ3n) is 3.87. The summed E-state index contributed by atoms with van der Waals surface area (Å²) in [6.45, 7) is 0. The van der Waals surface area contributed by atoms with Gasteiger partial charge in [-0.1, -0.05) is 16.3 Å². The second-order valence-corrected chi connectivity index (χ2v) is 8.53. The van der Waals surface area contributed by atoms with Crippen LogP contribution in [0.25, 0.3) is 21.0 Å².